The number of fused-ring (bicyclic) bond motifs is 1. The van der Waals surface area contributed by atoms with Gasteiger partial charge in [-0.3, -0.25) is 4.98 Å². The van der Waals surface area contributed by atoms with E-state index < -0.39 is 17.8 Å². The number of hydrogen-bond acceptors (Lipinski definition) is 7. The van der Waals surface area contributed by atoms with Crippen molar-refractivity contribution in [3.63, 3.8) is 0 Å². The van der Waals surface area contributed by atoms with Gasteiger partial charge in [0.1, 0.15) is 11.4 Å². The summed E-state index contributed by atoms with van der Waals surface area (Å²) < 4.78 is 11.3. The van der Waals surface area contributed by atoms with Crippen molar-refractivity contribution in [1.82, 2.24) is 10.3 Å². The zero-order chi connectivity index (χ0) is 21.1. The van der Waals surface area contributed by atoms with E-state index in [2.05, 4.69) is 15.6 Å². The van der Waals surface area contributed by atoms with Gasteiger partial charge in [-0.05, 0) is 39.7 Å². The number of carbonyl (C=O) groups is 1. The van der Waals surface area contributed by atoms with Crippen LogP contribution in [0.1, 0.15) is 57.4 Å². The lowest BCUT2D eigenvalue weighted by Gasteiger charge is -2.24. The summed E-state index contributed by atoms with van der Waals surface area (Å²) in [6.45, 7) is 6.92. The summed E-state index contributed by atoms with van der Waals surface area (Å²) >= 11 is 0. The van der Waals surface area contributed by atoms with Crippen molar-refractivity contribution in [3.05, 3.63) is 23.5 Å². The molecule has 29 heavy (non-hydrogen) atoms. The molecule has 0 spiro atoms. The van der Waals surface area contributed by atoms with E-state index in [-0.39, 0.29) is 11.8 Å². The topological polar surface area (TPSA) is 116 Å². The zero-order valence-corrected chi connectivity index (χ0v) is 17.1. The molecule has 1 aromatic rings. The van der Waals surface area contributed by atoms with Crippen LogP contribution in [0.4, 0.5) is 10.5 Å². The number of alkyl carbamates (subject to hydrolysis) is 1. The van der Waals surface area contributed by atoms with Crippen LogP contribution in [0.25, 0.3) is 6.08 Å². The SMILES string of the molecule is CC(C)(C)OC(=O)NCC1(COc2cnc3c(c2C(O)CC#N)NCC=C3)CC1. The van der Waals surface area contributed by atoms with Crippen molar-refractivity contribution in [3.8, 4) is 11.8 Å². The normalized spacial score (nSPS) is 17.3. The van der Waals surface area contributed by atoms with E-state index in [0.717, 1.165) is 12.8 Å². The predicted molar refractivity (Wildman–Crippen MR) is 108 cm³/mol. The molecule has 8 heteroatoms. The Morgan fingerprint density at radius 1 is 1.48 bits per heavy atom. The maximum Gasteiger partial charge on any atom is 0.407 e. The van der Waals surface area contributed by atoms with Gasteiger partial charge in [0.05, 0.1) is 48.3 Å². The molecule has 1 aliphatic carbocycles. The zero-order valence-electron chi connectivity index (χ0n) is 17.1. The van der Waals surface area contributed by atoms with E-state index in [1.54, 1.807) is 6.20 Å². The molecule has 3 N–H and O–H groups in total. The number of amides is 1. The Morgan fingerprint density at radius 3 is 2.90 bits per heavy atom. The molecule has 1 aliphatic heterocycles. The lowest BCUT2D eigenvalue weighted by molar-refractivity contribution is 0.0509. The fraction of sp³-hybridized carbons (Fsp3) is 0.571. The van der Waals surface area contributed by atoms with E-state index in [1.807, 2.05) is 39.0 Å². The van der Waals surface area contributed by atoms with Gasteiger partial charge >= 0.3 is 6.09 Å². The molecule has 0 aromatic carbocycles. The lowest BCUT2D eigenvalue weighted by Crippen LogP contribution is -2.37. The molecule has 8 nitrogen and oxygen atoms in total. The van der Waals surface area contributed by atoms with E-state index in [1.165, 1.54) is 0 Å². The Hall–Kier alpha value is -2.79. The minimum Gasteiger partial charge on any atom is -0.491 e. The number of ether oxygens (including phenoxy) is 2. The van der Waals surface area contributed by atoms with Gasteiger partial charge in [0.15, 0.2) is 0 Å². The Morgan fingerprint density at radius 2 is 2.24 bits per heavy atom. The van der Waals surface area contributed by atoms with E-state index in [9.17, 15) is 9.90 Å². The van der Waals surface area contributed by atoms with Crippen LogP contribution in [0.3, 0.4) is 0 Å². The van der Waals surface area contributed by atoms with Crippen LogP contribution in [0.15, 0.2) is 12.3 Å². The first-order valence-electron chi connectivity index (χ1n) is 9.81. The van der Waals surface area contributed by atoms with Crippen molar-refractivity contribution in [2.24, 2.45) is 5.41 Å². The Bertz CT molecular complexity index is 834. The van der Waals surface area contributed by atoms with Crippen molar-refractivity contribution in [2.45, 2.75) is 51.7 Å². The monoisotopic (exact) mass is 400 g/mol. The fourth-order valence-electron chi connectivity index (χ4n) is 3.16. The highest BCUT2D eigenvalue weighted by Gasteiger charge is 2.44. The average Bonchev–Trinajstić information content (AvgIpc) is 3.43. The van der Waals surface area contributed by atoms with Gasteiger partial charge in [0.25, 0.3) is 0 Å². The molecule has 2 heterocycles. The first kappa shape index (κ1) is 20.9. The molecule has 3 rings (SSSR count). The molecule has 1 fully saturated rings. The lowest BCUT2D eigenvalue weighted by atomic mass is 10.0. The number of nitrogens with zero attached hydrogens (tertiary/aromatic N) is 2. The van der Waals surface area contributed by atoms with Crippen molar-refractivity contribution in [2.75, 3.05) is 25.0 Å². The van der Waals surface area contributed by atoms with Crippen LogP contribution in [0.2, 0.25) is 0 Å². The van der Waals surface area contributed by atoms with Crippen molar-refractivity contribution < 1.29 is 19.4 Å². The van der Waals surface area contributed by atoms with Gasteiger partial charge in [-0.1, -0.05) is 6.08 Å². The maximum atomic E-state index is 11.9. The van der Waals surface area contributed by atoms with Crippen LogP contribution in [0, 0.1) is 16.7 Å². The molecule has 2 aliphatic rings. The second-order valence-electron chi connectivity index (χ2n) is 8.60. The number of aliphatic hydroxyl groups is 1. The summed E-state index contributed by atoms with van der Waals surface area (Å²) in [5, 5.41) is 25.6. The van der Waals surface area contributed by atoms with Crippen molar-refractivity contribution in [1.29, 1.82) is 5.26 Å². The molecule has 0 radical (unpaired) electrons. The highest BCUT2D eigenvalue weighted by atomic mass is 16.6. The number of anilines is 1. The van der Waals surface area contributed by atoms with Gasteiger partial charge in [0, 0.05) is 18.5 Å². The first-order chi connectivity index (χ1) is 13.7. The fourth-order valence-corrected chi connectivity index (χ4v) is 3.16. The highest BCUT2D eigenvalue weighted by Crippen LogP contribution is 2.46. The minimum atomic E-state index is -0.971. The predicted octanol–water partition coefficient (Wildman–Crippen LogP) is 3.15. The third-order valence-corrected chi connectivity index (χ3v) is 4.90. The quantitative estimate of drug-likeness (QED) is 0.644. The van der Waals surface area contributed by atoms with Gasteiger partial charge in [-0.15, -0.1) is 0 Å². The third kappa shape index (κ3) is 5.39. The number of aromatic nitrogens is 1. The molecule has 1 amide bonds. The smallest absolute Gasteiger partial charge is 0.407 e. The molecule has 156 valence electrons. The van der Waals surface area contributed by atoms with Crippen LogP contribution in [-0.4, -0.2) is 41.5 Å². The van der Waals surface area contributed by atoms with E-state index in [4.69, 9.17) is 14.7 Å². The second kappa shape index (κ2) is 8.29. The summed E-state index contributed by atoms with van der Waals surface area (Å²) in [7, 11) is 0. The number of aliphatic hydroxyl groups excluding tert-OH is 1. The first-order valence-corrected chi connectivity index (χ1v) is 9.81. The number of nitriles is 1. The highest BCUT2D eigenvalue weighted by molar-refractivity contribution is 5.73. The second-order valence-corrected chi connectivity index (χ2v) is 8.60. The van der Waals surface area contributed by atoms with E-state index >= 15 is 0 Å². The summed E-state index contributed by atoms with van der Waals surface area (Å²) in [6, 6.07) is 2.00. The third-order valence-electron chi connectivity index (χ3n) is 4.90. The Kier molecular flexibility index (Phi) is 5.99. The van der Waals surface area contributed by atoms with Gasteiger partial charge in [-0.25, -0.2) is 4.79 Å². The molecular weight excluding hydrogens is 372 g/mol. The van der Waals surface area contributed by atoms with Crippen LogP contribution in [0.5, 0.6) is 5.75 Å². The largest absolute Gasteiger partial charge is 0.491 e. The summed E-state index contributed by atoms with van der Waals surface area (Å²) in [5.74, 6) is 0.456. The molecule has 0 saturated heterocycles. The molecule has 1 atom stereocenters. The number of rotatable bonds is 7. The molecular formula is C21H28N4O4. The molecule has 0 bridgehead atoms. The minimum absolute atomic E-state index is 0.0381. The standard InChI is InChI=1S/C21H28N4O4/c1-20(2,3)29-19(27)25-12-21(7-8-21)13-28-16-11-24-14-5-4-10-23-18(14)17(16)15(26)6-9-22/h4-5,11,15,23,26H,6-8,10,12-13H2,1-3H3,(H,25,27). The number of pyridine rings is 1. The molecule has 1 saturated carbocycles. The summed E-state index contributed by atoms with van der Waals surface area (Å²) in [4.78, 5) is 16.3. The van der Waals surface area contributed by atoms with Crippen LogP contribution in [-0.2, 0) is 4.74 Å². The number of nitrogens with one attached hydrogen (secondary N) is 2. The van der Waals surface area contributed by atoms with Gasteiger partial charge in [-0.2, -0.15) is 5.26 Å². The maximum absolute atomic E-state index is 11.9. The Balaban J connectivity index is 1.68. The molecule has 1 unspecified atom stereocenters. The van der Waals surface area contributed by atoms with Crippen molar-refractivity contribution >= 4 is 17.9 Å². The summed E-state index contributed by atoms with van der Waals surface area (Å²) in [5.41, 5.74) is 1.27. The van der Waals surface area contributed by atoms with Gasteiger partial charge in [0.2, 0.25) is 0 Å². The van der Waals surface area contributed by atoms with Crippen LogP contribution >= 0.6 is 0 Å². The number of hydrogen-bond donors (Lipinski definition) is 3. The summed E-state index contributed by atoms with van der Waals surface area (Å²) in [6.07, 6.45) is 5.81. The molecule has 1 aromatic heterocycles. The van der Waals surface area contributed by atoms with Gasteiger partial charge < -0.3 is 25.2 Å². The average molecular weight is 400 g/mol. The van der Waals surface area contributed by atoms with Crippen LogP contribution < -0.4 is 15.4 Å². The van der Waals surface area contributed by atoms with E-state index in [0.29, 0.717) is 42.4 Å². The number of carbonyl (C=O) groups excluding carboxylic acids is 1. The Labute approximate surface area is 170 Å².